The molecule has 0 bridgehead atoms. The average Bonchev–Trinajstić information content (AvgIpc) is 3.08. The van der Waals surface area contributed by atoms with Gasteiger partial charge in [-0.1, -0.05) is 48.5 Å². The van der Waals surface area contributed by atoms with E-state index < -0.39 is 43.0 Å². The van der Waals surface area contributed by atoms with Crippen molar-refractivity contribution in [3.8, 4) is 11.1 Å². The number of fused-ring (bicyclic) bond motifs is 3. The van der Waals surface area contributed by atoms with Gasteiger partial charge in [-0.25, -0.2) is 4.79 Å². The lowest BCUT2D eigenvalue weighted by Gasteiger charge is -2.24. The van der Waals surface area contributed by atoms with Crippen LogP contribution in [0.25, 0.3) is 11.1 Å². The maximum absolute atomic E-state index is 13.4. The molecule has 1 unspecified atom stereocenters. The first-order valence-electron chi connectivity index (χ1n) is 10.2. The molecular weight excluding hydrogens is 441 g/mol. The van der Waals surface area contributed by atoms with Gasteiger partial charge in [0.05, 0.1) is 12.8 Å². The number of alkyl halides is 3. The van der Waals surface area contributed by atoms with Crippen molar-refractivity contribution in [2.75, 3.05) is 20.2 Å². The summed E-state index contributed by atoms with van der Waals surface area (Å²) in [6.07, 6.45) is -7.66. The molecule has 176 valence electrons. The SMILES string of the molecule is CN(CCC(=O)O)C(=O)CC(NC(=O)OCC1c2ccccc2-c2ccccc21)C(F)(F)F. The predicted octanol–water partition coefficient (Wildman–Crippen LogP) is 3.78. The summed E-state index contributed by atoms with van der Waals surface area (Å²) < 4.78 is 45.4. The number of rotatable bonds is 8. The lowest BCUT2D eigenvalue weighted by atomic mass is 9.98. The molecule has 3 rings (SSSR count). The van der Waals surface area contributed by atoms with Gasteiger partial charge >= 0.3 is 18.2 Å². The van der Waals surface area contributed by atoms with Crippen molar-refractivity contribution in [3.05, 3.63) is 59.7 Å². The van der Waals surface area contributed by atoms with Gasteiger partial charge in [0.25, 0.3) is 0 Å². The van der Waals surface area contributed by atoms with Crippen molar-refractivity contribution in [1.29, 1.82) is 0 Å². The summed E-state index contributed by atoms with van der Waals surface area (Å²) >= 11 is 0. The minimum absolute atomic E-state index is 0.170. The number of hydrogen-bond donors (Lipinski definition) is 2. The van der Waals surface area contributed by atoms with E-state index in [2.05, 4.69) is 0 Å². The van der Waals surface area contributed by atoms with E-state index in [4.69, 9.17) is 9.84 Å². The van der Waals surface area contributed by atoms with E-state index in [1.54, 1.807) is 5.32 Å². The Balaban J connectivity index is 1.63. The molecule has 1 aliphatic carbocycles. The second kappa shape index (κ2) is 9.93. The van der Waals surface area contributed by atoms with Crippen molar-refractivity contribution in [2.24, 2.45) is 0 Å². The Morgan fingerprint density at radius 2 is 1.61 bits per heavy atom. The summed E-state index contributed by atoms with van der Waals surface area (Å²) in [5.41, 5.74) is 3.78. The van der Waals surface area contributed by atoms with Crippen molar-refractivity contribution in [1.82, 2.24) is 10.2 Å². The molecule has 0 saturated heterocycles. The number of carboxylic acid groups (broad SMARTS) is 1. The Kier molecular flexibility index (Phi) is 7.25. The predicted molar refractivity (Wildman–Crippen MR) is 113 cm³/mol. The van der Waals surface area contributed by atoms with Crippen LogP contribution in [0.1, 0.15) is 29.9 Å². The number of carbonyl (C=O) groups excluding carboxylic acids is 2. The number of carbonyl (C=O) groups is 3. The lowest BCUT2D eigenvalue weighted by Crippen LogP contribution is -2.48. The van der Waals surface area contributed by atoms with Crippen LogP contribution in [0.15, 0.2) is 48.5 Å². The molecule has 10 heteroatoms. The van der Waals surface area contributed by atoms with Crippen LogP contribution >= 0.6 is 0 Å². The highest BCUT2D eigenvalue weighted by Crippen LogP contribution is 2.44. The van der Waals surface area contributed by atoms with Crippen LogP contribution in [-0.2, 0) is 14.3 Å². The third kappa shape index (κ3) is 5.82. The van der Waals surface area contributed by atoms with E-state index >= 15 is 0 Å². The minimum atomic E-state index is -4.89. The largest absolute Gasteiger partial charge is 0.481 e. The van der Waals surface area contributed by atoms with Gasteiger partial charge < -0.3 is 20.1 Å². The minimum Gasteiger partial charge on any atom is -0.481 e. The van der Waals surface area contributed by atoms with Crippen molar-refractivity contribution in [3.63, 3.8) is 0 Å². The van der Waals surface area contributed by atoms with Gasteiger partial charge in [-0.3, -0.25) is 9.59 Å². The van der Waals surface area contributed by atoms with E-state index in [9.17, 15) is 27.6 Å². The lowest BCUT2D eigenvalue weighted by molar-refractivity contribution is -0.163. The quantitative estimate of drug-likeness (QED) is 0.620. The van der Waals surface area contributed by atoms with Crippen LogP contribution < -0.4 is 5.32 Å². The van der Waals surface area contributed by atoms with Gasteiger partial charge in [0.1, 0.15) is 12.6 Å². The number of aliphatic carboxylic acids is 1. The third-order valence-electron chi connectivity index (χ3n) is 5.50. The van der Waals surface area contributed by atoms with E-state index in [1.807, 2.05) is 48.5 Å². The zero-order valence-corrected chi connectivity index (χ0v) is 17.8. The maximum atomic E-state index is 13.4. The van der Waals surface area contributed by atoms with Crippen LogP contribution in [0.2, 0.25) is 0 Å². The molecule has 2 amide bonds. The smallest absolute Gasteiger partial charge is 0.409 e. The molecule has 2 N–H and O–H groups in total. The second-order valence-corrected chi connectivity index (χ2v) is 7.73. The number of benzene rings is 2. The van der Waals surface area contributed by atoms with Gasteiger partial charge in [-0.05, 0) is 22.3 Å². The average molecular weight is 464 g/mol. The number of halogens is 3. The van der Waals surface area contributed by atoms with Gasteiger partial charge in [-0.15, -0.1) is 0 Å². The summed E-state index contributed by atoms with van der Waals surface area (Å²) in [6, 6.07) is 12.6. The van der Waals surface area contributed by atoms with Crippen LogP contribution in [0.5, 0.6) is 0 Å². The maximum Gasteiger partial charge on any atom is 0.409 e. The Hall–Kier alpha value is -3.56. The van der Waals surface area contributed by atoms with Gasteiger partial charge in [0, 0.05) is 19.5 Å². The molecule has 0 spiro atoms. The third-order valence-corrected chi connectivity index (χ3v) is 5.50. The van der Waals surface area contributed by atoms with Gasteiger partial charge in [0.15, 0.2) is 0 Å². The zero-order valence-electron chi connectivity index (χ0n) is 17.8. The highest BCUT2D eigenvalue weighted by molar-refractivity contribution is 5.80. The highest BCUT2D eigenvalue weighted by Gasteiger charge is 2.43. The molecule has 0 aliphatic heterocycles. The van der Waals surface area contributed by atoms with Gasteiger partial charge in [-0.2, -0.15) is 13.2 Å². The normalized spacial score (nSPS) is 13.6. The molecule has 1 aliphatic rings. The van der Waals surface area contributed by atoms with Crippen molar-refractivity contribution in [2.45, 2.75) is 31.0 Å². The molecule has 0 radical (unpaired) electrons. The number of carboxylic acids is 1. The van der Waals surface area contributed by atoms with Crippen molar-refractivity contribution < 1.29 is 37.4 Å². The Bertz CT molecular complexity index is 995. The summed E-state index contributed by atoms with van der Waals surface area (Å²) in [4.78, 5) is 35.8. The fourth-order valence-corrected chi connectivity index (χ4v) is 3.75. The van der Waals surface area contributed by atoms with Gasteiger partial charge in [0.2, 0.25) is 5.91 Å². The molecule has 0 saturated carbocycles. The van der Waals surface area contributed by atoms with Crippen LogP contribution in [0.3, 0.4) is 0 Å². The number of hydrogen-bond acceptors (Lipinski definition) is 4. The Morgan fingerprint density at radius 3 is 2.12 bits per heavy atom. The summed E-state index contributed by atoms with van der Waals surface area (Å²) in [7, 11) is 1.20. The highest BCUT2D eigenvalue weighted by atomic mass is 19.4. The van der Waals surface area contributed by atoms with E-state index in [-0.39, 0.29) is 19.1 Å². The Morgan fingerprint density at radius 1 is 1.06 bits per heavy atom. The second-order valence-electron chi connectivity index (χ2n) is 7.73. The van der Waals surface area contributed by atoms with Crippen LogP contribution in [0.4, 0.5) is 18.0 Å². The molecular formula is C23H23F3N2O5. The molecule has 2 aromatic rings. The topological polar surface area (TPSA) is 95.9 Å². The molecule has 33 heavy (non-hydrogen) atoms. The molecule has 1 atom stereocenters. The first kappa shape index (κ1) is 24.1. The molecule has 0 fully saturated rings. The van der Waals surface area contributed by atoms with Crippen LogP contribution in [-0.4, -0.2) is 60.4 Å². The fraction of sp³-hybridized carbons (Fsp3) is 0.348. The first-order chi connectivity index (χ1) is 15.6. The standard InChI is InChI=1S/C23H23F3N2O5/c1-28(11-10-21(30)31)20(29)12-19(23(24,25)26)27-22(32)33-13-18-16-8-4-2-6-14(16)15-7-3-5-9-17(15)18/h2-9,18-19H,10-13H2,1H3,(H,27,32)(H,30,31). The van der Waals surface area contributed by atoms with E-state index in [1.165, 1.54) is 7.05 Å². The van der Waals surface area contributed by atoms with Crippen molar-refractivity contribution >= 4 is 18.0 Å². The van der Waals surface area contributed by atoms with Crippen LogP contribution in [0, 0.1) is 0 Å². The number of alkyl carbamates (subject to hydrolysis) is 1. The molecule has 0 heterocycles. The summed E-state index contributed by atoms with van der Waals surface area (Å²) in [5, 5.41) is 10.4. The monoisotopic (exact) mass is 464 g/mol. The summed E-state index contributed by atoms with van der Waals surface area (Å²) in [6.45, 7) is -0.416. The molecule has 7 nitrogen and oxygen atoms in total. The first-order valence-corrected chi connectivity index (χ1v) is 10.2. The zero-order chi connectivity index (χ0) is 24.2. The number of ether oxygens (including phenoxy) is 1. The number of nitrogens with one attached hydrogen (secondary N) is 1. The number of nitrogens with zero attached hydrogens (tertiary/aromatic N) is 1. The van der Waals surface area contributed by atoms with E-state index in [0.717, 1.165) is 27.2 Å². The Labute approximate surface area is 188 Å². The van der Waals surface area contributed by atoms with E-state index in [0.29, 0.717) is 0 Å². The molecule has 2 aromatic carbocycles. The fourth-order valence-electron chi connectivity index (χ4n) is 3.75. The summed E-state index contributed by atoms with van der Waals surface area (Å²) in [5.74, 6) is -2.45. The number of amides is 2. The molecule has 0 aromatic heterocycles.